The molecule has 166 valence electrons. The van der Waals surface area contributed by atoms with Crippen molar-refractivity contribution >= 4 is 27.8 Å². The van der Waals surface area contributed by atoms with Crippen molar-refractivity contribution in [3.63, 3.8) is 0 Å². The molecule has 2 aromatic heterocycles. The molecule has 1 saturated heterocycles. The van der Waals surface area contributed by atoms with Gasteiger partial charge in [-0.05, 0) is 55.4 Å². The number of aryl methyl sites for hydroxylation is 1. The second kappa shape index (κ2) is 8.05. The highest BCUT2D eigenvalue weighted by Crippen LogP contribution is 2.28. The van der Waals surface area contributed by atoms with Gasteiger partial charge in [0.25, 0.3) is 0 Å². The van der Waals surface area contributed by atoms with E-state index in [1.165, 1.54) is 11.3 Å². The number of aromatic amines is 2. The van der Waals surface area contributed by atoms with Crippen molar-refractivity contribution in [2.24, 2.45) is 0 Å². The minimum atomic E-state index is 0.880. The Bertz CT molecular complexity index is 1420. The Labute approximate surface area is 193 Å². The van der Waals surface area contributed by atoms with E-state index < -0.39 is 0 Å². The normalized spacial score (nSPS) is 15.0. The molecule has 0 aliphatic carbocycles. The van der Waals surface area contributed by atoms with E-state index in [1.54, 1.807) is 0 Å². The van der Waals surface area contributed by atoms with Crippen molar-refractivity contribution in [2.75, 3.05) is 38.1 Å². The molecule has 0 spiro atoms. The summed E-state index contributed by atoms with van der Waals surface area (Å²) in [7, 11) is 2.18. The summed E-state index contributed by atoms with van der Waals surface area (Å²) in [5.41, 5.74) is 8.78. The van der Waals surface area contributed by atoms with Crippen LogP contribution in [0.25, 0.3) is 44.8 Å². The van der Waals surface area contributed by atoms with Crippen LogP contribution in [0.4, 0.5) is 5.69 Å². The molecular weight excluding hydrogens is 408 g/mol. The summed E-state index contributed by atoms with van der Waals surface area (Å²) in [6.45, 7) is 6.48. The smallest absolute Gasteiger partial charge is 0.138 e. The lowest BCUT2D eigenvalue weighted by Crippen LogP contribution is -2.44. The number of benzene rings is 3. The Kier molecular flexibility index (Phi) is 4.88. The molecule has 3 heterocycles. The first-order valence-corrected chi connectivity index (χ1v) is 11.7. The highest BCUT2D eigenvalue weighted by atomic mass is 15.2. The van der Waals surface area contributed by atoms with Crippen molar-refractivity contribution in [2.45, 2.75) is 13.3 Å². The van der Waals surface area contributed by atoms with Gasteiger partial charge in [-0.3, -0.25) is 0 Å². The fraction of sp³-hybridized carbons (Fsp3) is 0.259. The Morgan fingerprint density at radius 2 is 1.33 bits per heavy atom. The SMILES string of the molecule is CCc1ccc(-c2nc3ccc(-c4nc5ccc(N6CCN(C)CC6)cc5[nH]4)cc3[nH]2)cc1. The van der Waals surface area contributed by atoms with E-state index in [4.69, 9.17) is 9.97 Å². The molecule has 0 atom stereocenters. The van der Waals surface area contributed by atoms with Crippen LogP contribution in [-0.2, 0) is 6.42 Å². The van der Waals surface area contributed by atoms with Gasteiger partial charge in [0, 0.05) is 43.0 Å². The number of hydrogen-bond acceptors (Lipinski definition) is 4. The van der Waals surface area contributed by atoms with Gasteiger partial charge in [0.05, 0.1) is 22.1 Å². The van der Waals surface area contributed by atoms with E-state index in [0.717, 1.165) is 77.4 Å². The Morgan fingerprint density at radius 3 is 2.03 bits per heavy atom. The molecular formula is C27H28N6. The van der Waals surface area contributed by atoms with E-state index >= 15 is 0 Å². The zero-order valence-corrected chi connectivity index (χ0v) is 19.1. The fourth-order valence-electron chi connectivity index (χ4n) is 4.59. The maximum Gasteiger partial charge on any atom is 0.138 e. The molecule has 1 fully saturated rings. The van der Waals surface area contributed by atoms with Gasteiger partial charge < -0.3 is 19.8 Å². The lowest BCUT2D eigenvalue weighted by atomic mass is 10.1. The minimum Gasteiger partial charge on any atom is -0.369 e. The average molecular weight is 437 g/mol. The summed E-state index contributed by atoms with van der Waals surface area (Å²) in [6, 6.07) is 21.4. The first-order chi connectivity index (χ1) is 16.2. The number of rotatable bonds is 4. The summed E-state index contributed by atoms with van der Waals surface area (Å²) in [4.78, 5) is 21.5. The summed E-state index contributed by atoms with van der Waals surface area (Å²) in [5.74, 6) is 1.78. The molecule has 1 aliphatic heterocycles. The molecule has 5 aromatic rings. The molecule has 6 heteroatoms. The predicted molar refractivity (Wildman–Crippen MR) is 136 cm³/mol. The number of hydrogen-bond donors (Lipinski definition) is 2. The Balaban J connectivity index is 1.31. The number of anilines is 1. The van der Waals surface area contributed by atoms with Gasteiger partial charge >= 0.3 is 0 Å². The summed E-state index contributed by atoms with van der Waals surface area (Å²) >= 11 is 0. The molecule has 3 aromatic carbocycles. The molecule has 1 aliphatic rings. The maximum absolute atomic E-state index is 4.86. The van der Waals surface area contributed by atoms with Gasteiger partial charge in [-0.25, -0.2) is 9.97 Å². The van der Waals surface area contributed by atoms with Gasteiger partial charge in [-0.2, -0.15) is 0 Å². The average Bonchev–Trinajstić information content (AvgIpc) is 3.48. The van der Waals surface area contributed by atoms with Crippen LogP contribution in [0, 0.1) is 0 Å². The van der Waals surface area contributed by atoms with Crippen molar-refractivity contribution < 1.29 is 0 Å². The van der Waals surface area contributed by atoms with E-state index in [-0.39, 0.29) is 0 Å². The van der Waals surface area contributed by atoms with Crippen LogP contribution in [-0.4, -0.2) is 58.1 Å². The van der Waals surface area contributed by atoms with Crippen molar-refractivity contribution in [1.82, 2.24) is 24.8 Å². The summed E-state index contributed by atoms with van der Waals surface area (Å²) in [6.07, 6.45) is 1.04. The summed E-state index contributed by atoms with van der Waals surface area (Å²) in [5, 5.41) is 0. The van der Waals surface area contributed by atoms with Crippen LogP contribution in [0.15, 0.2) is 60.7 Å². The quantitative estimate of drug-likeness (QED) is 0.412. The number of fused-ring (bicyclic) bond motifs is 2. The highest BCUT2D eigenvalue weighted by Gasteiger charge is 2.16. The fourth-order valence-corrected chi connectivity index (χ4v) is 4.59. The van der Waals surface area contributed by atoms with Crippen molar-refractivity contribution in [3.05, 3.63) is 66.2 Å². The second-order valence-electron chi connectivity index (χ2n) is 8.95. The molecule has 6 nitrogen and oxygen atoms in total. The van der Waals surface area contributed by atoms with Crippen LogP contribution < -0.4 is 4.90 Å². The molecule has 0 saturated carbocycles. The first kappa shape index (κ1) is 20.0. The zero-order chi connectivity index (χ0) is 22.4. The molecule has 0 bridgehead atoms. The third-order valence-corrected chi connectivity index (χ3v) is 6.72. The number of piperazine rings is 1. The van der Waals surface area contributed by atoms with Gasteiger partial charge in [-0.1, -0.05) is 31.2 Å². The molecule has 2 N–H and O–H groups in total. The van der Waals surface area contributed by atoms with Crippen molar-refractivity contribution in [1.29, 1.82) is 0 Å². The van der Waals surface area contributed by atoms with E-state index in [9.17, 15) is 0 Å². The number of imidazole rings is 2. The van der Waals surface area contributed by atoms with E-state index in [2.05, 4.69) is 94.4 Å². The predicted octanol–water partition coefficient (Wildman–Crippen LogP) is 5.09. The molecule has 6 rings (SSSR count). The minimum absolute atomic E-state index is 0.880. The molecule has 33 heavy (non-hydrogen) atoms. The molecule has 0 unspecified atom stereocenters. The van der Waals surface area contributed by atoms with Crippen LogP contribution in [0.5, 0.6) is 0 Å². The van der Waals surface area contributed by atoms with Gasteiger partial charge in [0.15, 0.2) is 0 Å². The Hall–Kier alpha value is -3.64. The maximum atomic E-state index is 4.86. The molecule has 0 amide bonds. The van der Waals surface area contributed by atoms with Gasteiger partial charge in [-0.15, -0.1) is 0 Å². The van der Waals surface area contributed by atoms with Crippen molar-refractivity contribution in [3.8, 4) is 22.8 Å². The monoisotopic (exact) mass is 436 g/mol. The van der Waals surface area contributed by atoms with E-state index in [1.807, 2.05) is 0 Å². The third kappa shape index (κ3) is 3.76. The van der Waals surface area contributed by atoms with Crippen LogP contribution in [0.2, 0.25) is 0 Å². The second-order valence-corrected chi connectivity index (χ2v) is 8.95. The summed E-state index contributed by atoms with van der Waals surface area (Å²) < 4.78 is 0. The topological polar surface area (TPSA) is 63.8 Å². The highest BCUT2D eigenvalue weighted by molar-refractivity contribution is 5.87. The van der Waals surface area contributed by atoms with Gasteiger partial charge in [0.2, 0.25) is 0 Å². The number of H-pyrrole nitrogens is 2. The van der Waals surface area contributed by atoms with Gasteiger partial charge in [0.1, 0.15) is 11.6 Å². The lowest BCUT2D eigenvalue weighted by molar-refractivity contribution is 0.313. The third-order valence-electron chi connectivity index (χ3n) is 6.72. The standard InChI is InChI=1S/C27H28N6/c1-3-18-4-6-19(7-5-18)26-28-22-10-8-20(16-24(22)30-26)27-29-23-11-9-21(17-25(23)31-27)33-14-12-32(2)13-15-33/h4-11,16-17H,3,12-15H2,1-2H3,(H,28,30)(H,29,31). The number of nitrogens with one attached hydrogen (secondary N) is 2. The number of aromatic nitrogens is 4. The molecule has 0 radical (unpaired) electrons. The number of likely N-dealkylation sites (N-methyl/N-ethyl adjacent to an activating group) is 1. The Morgan fingerprint density at radius 1 is 0.727 bits per heavy atom. The largest absolute Gasteiger partial charge is 0.369 e. The van der Waals surface area contributed by atoms with Crippen LogP contribution in [0.3, 0.4) is 0 Å². The number of nitrogens with zero attached hydrogens (tertiary/aromatic N) is 4. The first-order valence-electron chi connectivity index (χ1n) is 11.7. The lowest BCUT2D eigenvalue weighted by Gasteiger charge is -2.34. The van der Waals surface area contributed by atoms with E-state index in [0.29, 0.717) is 0 Å². The van der Waals surface area contributed by atoms with Crippen LogP contribution in [0.1, 0.15) is 12.5 Å². The van der Waals surface area contributed by atoms with Crippen LogP contribution >= 0.6 is 0 Å². The zero-order valence-electron chi connectivity index (χ0n) is 19.1.